The van der Waals surface area contributed by atoms with Crippen LogP contribution in [-0.2, 0) is 6.54 Å². The summed E-state index contributed by atoms with van der Waals surface area (Å²) in [5.74, 6) is -0.181. The van der Waals surface area contributed by atoms with Gasteiger partial charge in [-0.1, -0.05) is 35.9 Å². The molecule has 3 N–H and O–H groups in total. The Labute approximate surface area is 117 Å². The van der Waals surface area contributed by atoms with Crippen LogP contribution in [0.5, 0.6) is 0 Å². The van der Waals surface area contributed by atoms with Crippen molar-refractivity contribution in [2.75, 3.05) is 5.32 Å². The van der Waals surface area contributed by atoms with Crippen LogP contribution in [0.3, 0.4) is 0 Å². The molecule has 0 heterocycles. The Hall–Kier alpha value is -1.84. The highest BCUT2D eigenvalue weighted by Gasteiger charge is 2.10. The SMILES string of the molecule is Cc1cccc(Cl)c1NC(=O)c1ccc(CN)cc1. The van der Waals surface area contributed by atoms with E-state index in [1.54, 1.807) is 18.2 Å². The van der Waals surface area contributed by atoms with Gasteiger partial charge in [0, 0.05) is 12.1 Å². The fourth-order valence-corrected chi connectivity index (χ4v) is 2.04. The molecule has 19 heavy (non-hydrogen) atoms. The summed E-state index contributed by atoms with van der Waals surface area (Å²) >= 11 is 6.08. The molecule has 0 aliphatic rings. The van der Waals surface area contributed by atoms with E-state index in [1.807, 2.05) is 31.2 Å². The van der Waals surface area contributed by atoms with Crippen molar-refractivity contribution in [2.45, 2.75) is 13.5 Å². The predicted octanol–water partition coefficient (Wildman–Crippen LogP) is 3.36. The van der Waals surface area contributed by atoms with Crippen molar-refractivity contribution >= 4 is 23.2 Å². The van der Waals surface area contributed by atoms with Crippen molar-refractivity contribution in [3.63, 3.8) is 0 Å². The number of hydrogen-bond acceptors (Lipinski definition) is 2. The van der Waals surface area contributed by atoms with E-state index < -0.39 is 0 Å². The van der Waals surface area contributed by atoms with Gasteiger partial charge >= 0.3 is 0 Å². The molecule has 4 heteroatoms. The maximum Gasteiger partial charge on any atom is 0.255 e. The van der Waals surface area contributed by atoms with Gasteiger partial charge in [-0.15, -0.1) is 0 Å². The second-order valence-electron chi connectivity index (χ2n) is 4.29. The van der Waals surface area contributed by atoms with E-state index in [1.165, 1.54) is 0 Å². The average molecular weight is 275 g/mol. The molecule has 0 atom stereocenters. The van der Waals surface area contributed by atoms with Gasteiger partial charge in [0.15, 0.2) is 0 Å². The summed E-state index contributed by atoms with van der Waals surface area (Å²) in [6, 6.07) is 12.7. The molecule has 0 aliphatic carbocycles. The Morgan fingerprint density at radius 3 is 2.47 bits per heavy atom. The predicted molar refractivity (Wildman–Crippen MR) is 78.5 cm³/mol. The van der Waals surface area contributed by atoms with Crippen LogP contribution in [0.25, 0.3) is 0 Å². The van der Waals surface area contributed by atoms with E-state index >= 15 is 0 Å². The van der Waals surface area contributed by atoms with Crippen LogP contribution in [0.15, 0.2) is 42.5 Å². The number of para-hydroxylation sites is 1. The molecule has 1 amide bonds. The maximum absolute atomic E-state index is 12.1. The van der Waals surface area contributed by atoms with E-state index in [0.717, 1.165) is 11.1 Å². The molecule has 0 fully saturated rings. The molecule has 0 radical (unpaired) electrons. The number of benzene rings is 2. The lowest BCUT2D eigenvalue weighted by atomic mass is 10.1. The number of hydrogen-bond donors (Lipinski definition) is 2. The van der Waals surface area contributed by atoms with E-state index in [0.29, 0.717) is 22.8 Å². The molecule has 0 aliphatic heterocycles. The lowest BCUT2D eigenvalue weighted by Crippen LogP contribution is -2.13. The number of nitrogens with one attached hydrogen (secondary N) is 1. The van der Waals surface area contributed by atoms with Gasteiger partial charge in [0.1, 0.15) is 0 Å². The molecule has 2 aromatic carbocycles. The number of rotatable bonds is 3. The molecule has 3 nitrogen and oxygen atoms in total. The van der Waals surface area contributed by atoms with Crippen LogP contribution in [0.2, 0.25) is 5.02 Å². The quantitative estimate of drug-likeness (QED) is 0.902. The minimum Gasteiger partial charge on any atom is -0.326 e. The van der Waals surface area contributed by atoms with Gasteiger partial charge in [0.2, 0.25) is 0 Å². The summed E-state index contributed by atoms with van der Waals surface area (Å²) in [6.07, 6.45) is 0. The smallest absolute Gasteiger partial charge is 0.255 e. The largest absolute Gasteiger partial charge is 0.326 e. The molecule has 0 spiro atoms. The highest BCUT2D eigenvalue weighted by atomic mass is 35.5. The standard InChI is InChI=1S/C15H15ClN2O/c1-10-3-2-4-13(16)14(10)18-15(19)12-7-5-11(9-17)6-8-12/h2-8H,9,17H2,1H3,(H,18,19). The van der Waals surface area contributed by atoms with Crippen molar-refractivity contribution in [3.05, 3.63) is 64.2 Å². The van der Waals surface area contributed by atoms with Gasteiger partial charge in [-0.05, 0) is 36.2 Å². The number of anilines is 1. The van der Waals surface area contributed by atoms with Gasteiger partial charge in [-0.25, -0.2) is 0 Å². The zero-order chi connectivity index (χ0) is 13.8. The maximum atomic E-state index is 12.1. The first kappa shape index (κ1) is 13.6. The summed E-state index contributed by atoms with van der Waals surface area (Å²) in [6.45, 7) is 2.37. The Kier molecular flexibility index (Phi) is 4.20. The van der Waals surface area contributed by atoms with E-state index in [9.17, 15) is 4.79 Å². The molecule has 0 bridgehead atoms. The van der Waals surface area contributed by atoms with Crippen LogP contribution in [0.1, 0.15) is 21.5 Å². The molecule has 0 unspecified atom stereocenters. The van der Waals surface area contributed by atoms with Gasteiger partial charge < -0.3 is 11.1 Å². The number of halogens is 1. The first-order valence-corrected chi connectivity index (χ1v) is 6.35. The third-order valence-corrected chi connectivity index (χ3v) is 3.23. The number of amides is 1. The Morgan fingerprint density at radius 2 is 1.89 bits per heavy atom. The average Bonchev–Trinajstić information content (AvgIpc) is 2.43. The minimum absolute atomic E-state index is 0.181. The minimum atomic E-state index is -0.181. The van der Waals surface area contributed by atoms with Crippen LogP contribution < -0.4 is 11.1 Å². The van der Waals surface area contributed by atoms with E-state index in [4.69, 9.17) is 17.3 Å². The fourth-order valence-electron chi connectivity index (χ4n) is 1.77. The summed E-state index contributed by atoms with van der Waals surface area (Å²) < 4.78 is 0. The molecular weight excluding hydrogens is 260 g/mol. The molecule has 0 aromatic heterocycles. The Bertz CT molecular complexity index is 573. The molecular formula is C15H15ClN2O. The summed E-state index contributed by atoms with van der Waals surface area (Å²) in [7, 11) is 0. The molecule has 0 saturated heterocycles. The highest BCUT2D eigenvalue weighted by Crippen LogP contribution is 2.25. The van der Waals surface area contributed by atoms with Crippen molar-refractivity contribution in [1.82, 2.24) is 0 Å². The summed E-state index contributed by atoms with van der Waals surface area (Å²) in [4.78, 5) is 12.1. The number of nitrogens with two attached hydrogens (primary N) is 1. The molecule has 98 valence electrons. The van der Waals surface area contributed by atoms with Crippen LogP contribution >= 0.6 is 11.6 Å². The monoisotopic (exact) mass is 274 g/mol. The Balaban J connectivity index is 2.20. The highest BCUT2D eigenvalue weighted by molar-refractivity contribution is 6.34. The van der Waals surface area contributed by atoms with Crippen LogP contribution in [0, 0.1) is 6.92 Å². The topological polar surface area (TPSA) is 55.1 Å². The normalized spacial score (nSPS) is 10.3. The van der Waals surface area contributed by atoms with Crippen molar-refractivity contribution in [3.8, 4) is 0 Å². The zero-order valence-corrected chi connectivity index (χ0v) is 11.4. The number of carbonyl (C=O) groups is 1. The third kappa shape index (κ3) is 3.13. The lowest BCUT2D eigenvalue weighted by molar-refractivity contribution is 0.102. The molecule has 2 aromatic rings. The van der Waals surface area contributed by atoms with Crippen molar-refractivity contribution in [1.29, 1.82) is 0 Å². The number of aryl methyl sites for hydroxylation is 1. The second-order valence-corrected chi connectivity index (χ2v) is 4.69. The summed E-state index contributed by atoms with van der Waals surface area (Å²) in [5.41, 5.74) is 8.67. The molecule has 0 saturated carbocycles. The third-order valence-electron chi connectivity index (χ3n) is 2.91. The fraction of sp³-hybridized carbons (Fsp3) is 0.133. The van der Waals surface area contributed by atoms with E-state index in [2.05, 4.69) is 5.32 Å². The zero-order valence-electron chi connectivity index (χ0n) is 10.6. The number of carbonyl (C=O) groups excluding carboxylic acids is 1. The first-order chi connectivity index (χ1) is 9.11. The van der Waals surface area contributed by atoms with Gasteiger partial charge in [-0.2, -0.15) is 0 Å². The van der Waals surface area contributed by atoms with Crippen molar-refractivity contribution in [2.24, 2.45) is 5.73 Å². The van der Waals surface area contributed by atoms with Gasteiger partial charge in [0.25, 0.3) is 5.91 Å². The van der Waals surface area contributed by atoms with Gasteiger partial charge in [0.05, 0.1) is 10.7 Å². The van der Waals surface area contributed by atoms with Gasteiger partial charge in [-0.3, -0.25) is 4.79 Å². The summed E-state index contributed by atoms with van der Waals surface area (Å²) in [5, 5.41) is 3.36. The second kappa shape index (κ2) is 5.87. The molecule has 2 rings (SSSR count). The Morgan fingerprint density at radius 1 is 1.21 bits per heavy atom. The van der Waals surface area contributed by atoms with Crippen molar-refractivity contribution < 1.29 is 4.79 Å². The lowest BCUT2D eigenvalue weighted by Gasteiger charge is -2.10. The van der Waals surface area contributed by atoms with Crippen LogP contribution in [-0.4, -0.2) is 5.91 Å². The van der Waals surface area contributed by atoms with E-state index in [-0.39, 0.29) is 5.91 Å². The first-order valence-electron chi connectivity index (χ1n) is 5.97. The van der Waals surface area contributed by atoms with Crippen LogP contribution in [0.4, 0.5) is 5.69 Å².